The molecule has 0 saturated carbocycles. The van der Waals surface area contributed by atoms with Crippen molar-refractivity contribution in [2.75, 3.05) is 23.7 Å². The minimum atomic E-state index is -3.81. The molecule has 7 nitrogen and oxygen atoms in total. The third kappa shape index (κ3) is 7.46. The maximum absolute atomic E-state index is 13.6. The van der Waals surface area contributed by atoms with Crippen LogP contribution in [0.5, 0.6) is 0 Å². The van der Waals surface area contributed by atoms with Gasteiger partial charge < -0.3 is 10.2 Å². The number of amides is 2. The maximum Gasteiger partial charge on any atom is 0.244 e. The van der Waals surface area contributed by atoms with Crippen molar-refractivity contribution in [2.45, 2.75) is 47.2 Å². The van der Waals surface area contributed by atoms with E-state index in [4.69, 9.17) is 11.6 Å². The number of nitrogens with zero attached hydrogens (tertiary/aromatic N) is 2. The normalized spacial score (nSPS) is 12.4. The lowest BCUT2D eigenvalue weighted by atomic mass is 10.1. The van der Waals surface area contributed by atoms with Gasteiger partial charge in [0.25, 0.3) is 0 Å². The molecule has 0 unspecified atom stereocenters. The number of hydrogen-bond acceptors (Lipinski definition) is 4. The van der Waals surface area contributed by atoms with E-state index in [1.165, 1.54) is 11.0 Å². The van der Waals surface area contributed by atoms with Gasteiger partial charge in [0.05, 0.1) is 11.9 Å². The lowest BCUT2D eigenvalue weighted by molar-refractivity contribution is -0.139. The molecular weight excluding hydrogens is 474 g/mol. The molecule has 0 bridgehead atoms. The smallest absolute Gasteiger partial charge is 0.244 e. The van der Waals surface area contributed by atoms with E-state index < -0.39 is 28.5 Å². The van der Waals surface area contributed by atoms with Crippen molar-refractivity contribution in [1.82, 2.24) is 10.2 Å². The molecule has 1 atom stereocenters. The number of anilines is 1. The van der Waals surface area contributed by atoms with Gasteiger partial charge in [0, 0.05) is 18.1 Å². The Labute approximate surface area is 208 Å². The Hall–Kier alpha value is -2.58. The number of halogens is 1. The average Bonchev–Trinajstić information content (AvgIpc) is 2.75. The van der Waals surface area contributed by atoms with Crippen molar-refractivity contribution >= 4 is 39.1 Å². The first kappa shape index (κ1) is 27.7. The summed E-state index contributed by atoms with van der Waals surface area (Å²) in [6, 6.07) is 11.7. The van der Waals surface area contributed by atoms with Gasteiger partial charge in [-0.05, 0) is 55.5 Å². The molecule has 2 amide bonds. The van der Waals surface area contributed by atoms with Crippen LogP contribution in [0.3, 0.4) is 0 Å². The van der Waals surface area contributed by atoms with Crippen molar-refractivity contribution in [3.63, 3.8) is 0 Å². The van der Waals surface area contributed by atoms with Crippen molar-refractivity contribution in [3.05, 3.63) is 64.2 Å². The molecule has 0 spiro atoms. The fourth-order valence-electron chi connectivity index (χ4n) is 3.45. The Morgan fingerprint density at radius 3 is 2.26 bits per heavy atom. The summed E-state index contributed by atoms with van der Waals surface area (Å²) in [4.78, 5) is 27.9. The van der Waals surface area contributed by atoms with E-state index in [0.29, 0.717) is 22.8 Å². The number of aryl methyl sites for hydroxylation is 2. The largest absolute Gasteiger partial charge is 0.354 e. The zero-order chi connectivity index (χ0) is 25.6. The first-order chi connectivity index (χ1) is 15.8. The number of benzene rings is 2. The van der Waals surface area contributed by atoms with Gasteiger partial charge in [-0.2, -0.15) is 0 Å². The van der Waals surface area contributed by atoms with E-state index in [0.717, 1.165) is 21.7 Å². The van der Waals surface area contributed by atoms with Crippen molar-refractivity contribution < 1.29 is 18.0 Å². The van der Waals surface area contributed by atoms with Gasteiger partial charge in [-0.25, -0.2) is 8.42 Å². The SMILES string of the molecule is Cc1ccccc1CN(C(=O)CN(c1cc(Cl)ccc1C)S(C)(=O)=O)[C@H](C)C(=O)NCC(C)C. The molecule has 0 radical (unpaired) electrons. The van der Waals surface area contributed by atoms with Crippen molar-refractivity contribution in [2.24, 2.45) is 5.92 Å². The quantitative estimate of drug-likeness (QED) is 0.528. The monoisotopic (exact) mass is 507 g/mol. The van der Waals surface area contributed by atoms with Crippen LogP contribution in [0.4, 0.5) is 5.69 Å². The highest BCUT2D eigenvalue weighted by molar-refractivity contribution is 7.92. The Kier molecular flexibility index (Phi) is 9.53. The molecule has 34 heavy (non-hydrogen) atoms. The van der Waals surface area contributed by atoms with E-state index >= 15 is 0 Å². The summed E-state index contributed by atoms with van der Waals surface area (Å²) in [6.45, 7) is 9.51. The van der Waals surface area contributed by atoms with E-state index in [-0.39, 0.29) is 18.4 Å². The van der Waals surface area contributed by atoms with Gasteiger partial charge in [0.1, 0.15) is 12.6 Å². The summed E-state index contributed by atoms with van der Waals surface area (Å²) < 4.78 is 26.4. The molecule has 1 N–H and O–H groups in total. The number of nitrogens with one attached hydrogen (secondary N) is 1. The van der Waals surface area contributed by atoms with E-state index in [1.54, 1.807) is 26.0 Å². The van der Waals surface area contributed by atoms with Gasteiger partial charge >= 0.3 is 0 Å². The van der Waals surface area contributed by atoms with Crippen LogP contribution in [0.1, 0.15) is 37.5 Å². The highest BCUT2D eigenvalue weighted by Crippen LogP contribution is 2.27. The number of carbonyl (C=O) groups is 2. The number of hydrogen-bond donors (Lipinski definition) is 1. The van der Waals surface area contributed by atoms with E-state index in [9.17, 15) is 18.0 Å². The Morgan fingerprint density at radius 2 is 1.68 bits per heavy atom. The van der Waals surface area contributed by atoms with Crippen LogP contribution in [-0.2, 0) is 26.2 Å². The Morgan fingerprint density at radius 1 is 1.03 bits per heavy atom. The summed E-state index contributed by atoms with van der Waals surface area (Å²) in [5.74, 6) is -0.524. The summed E-state index contributed by atoms with van der Waals surface area (Å²) in [7, 11) is -3.81. The van der Waals surface area contributed by atoms with Gasteiger partial charge in [-0.1, -0.05) is 55.8 Å². The number of rotatable bonds is 10. The van der Waals surface area contributed by atoms with Gasteiger partial charge in [-0.3, -0.25) is 13.9 Å². The van der Waals surface area contributed by atoms with E-state index in [1.807, 2.05) is 45.0 Å². The van der Waals surface area contributed by atoms with Crippen LogP contribution in [0.25, 0.3) is 0 Å². The minimum Gasteiger partial charge on any atom is -0.354 e. The highest BCUT2D eigenvalue weighted by Gasteiger charge is 2.30. The molecule has 0 fully saturated rings. The molecule has 2 rings (SSSR count). The maximum atomic E-state index is 13.6. The van der Waals surface area contributed by atoms with Gasteiger partial charge in [0.2, 0.25) is 21.8 Å². The van der Waals surface area contributed by atoms with Gasteiger partial charge in [-0.15, -0.1) is 0 Å². The van der Waals surface area contributed by atoms with Crippen LogP contribution in [0.15, 0.2) is 42.5 Å². The van der Waals surface area contributed by atoms with Crippen molar-refractivity contribution in [1.29, 1.82) is 0 Å². The predicted molar refractivity (Wildman–Crippen MR) is 137 cm³/mol. The standard InChI is InChI=1S/C25H34ClN3O4S/c1-17(2)14-27-25(31)20(5)28(15-21-10-8-7-9-18(21)3)24(30)16-29(34(6,32)33)23-13-22(26)12-11-19(23)4/h7-13,17,20H,14-16H2,1-6H3,(H,27,31)/t20-/m1/s1. The zero-order valence-electron chi connectivity index (χ0n) is 20.6. The third-order valence-corrected chi connectivity index (χ3v) is 6.93. The Bertz CT molecular complexity index is 1130. The van der Waals surface area contributed by atoms with Crippen LogP contribution >= 0.6 is 11.6 Å². The van der Waals surface area contributed by atoms with Crippen LogP contribution in [0, 0.1) is 19.8 Å². The molecule has 0 heterocycles. The molecular formula is C25H34ClN3O4S. The third-order valence-electron chi connectivity index (χ3n) is 5.57. The lowest BCUT2D eigenvalue weighted by Crippen LogP contribution is -2.51. The Balaban J connectivity index is 2.43. The predicted octanol–water partition coefficient (Wildman–Crippen LogP) is 3.91. The lowest BCUT2D eigenvalue weighted by Gasteiger charge is -2.32. The topological polar surface area (TPSA) is 86.8 Å². The molecule has 0 aliphatic carbocycles. The summed E-state index contributed by atoms with van der Waals surface area (Å²) >= 11 is 6.12. The fourth-order valence-corrected chi connectivity index (χ4v) is 4.52. The minimum absolute atomic E-state index is 0.175. The van der Waals surface area contributed by atoms with E-state index in [2.05, 4.69) is 5.32 Å². The number of carbonyl (C=O) groups excluding carboxylic acids is 2. The fraction of sp³-hybridized carbons (Fsp3) is 0.440. The summed E-state index contributed by atoms with van der Waals surface area (Å²) in [5.41, 5.74) is 2.84. The summed E-state index contributed by atoms with van der Waals surface area (Å²) in [6.07, 6.45) is 1.05. The molecule has 2 aromatic rings. The van der Waals surface area contributed by atoms with Crippen LogP contribution < -0.4 is 9.62 Å². The summed E-state index contributed by atoms with van der Waals surface area (Å²) in [5, 5.41) is 3.23. The highest BCUT2D eigenvalue weighted by atomic mass is 35.5. The molecule has 2 aromatic carbocycles. The van der Waals surface area contributed by atoms with Crippen molar-refractivity contribution in [3.8, 4) is 0 Å². The molecule has 0 aliphatic heterocycles. The molecule has 9 heteroatoms. The second kappa shape index (κ2) is 11.7. The zero-order valence-corrected chi connectivity index (χ0v) is 22.2. The molecule has 0 aromatic heterocycles. The van der Waals surface area contributed by atoms with Gasteiger partial charge in [0.15, 0.2) is 0 Å². The van der Waals surface area contributed by atoms with Crippen LogP contribution in [0.2, 0.25) is 5.02 Å². The molecule has 0 saturated heterocycles. The first-order valence-corrected chi connectivity index (χ1v) is 13.4. The molecule has 186 valence electrons. The molecule has 0 aliphatic rings. The average molecular weight is 508 g/mol. The van der Waals surface area contributed by atoms with Crippen LogP contribution in [-0.4, -0.2) is 50.5 Å². The first-order valence-electron chi connectivity index (χ1n) is 11.2. The second-order valence-electron chi connectivity index (χ2n) is 8.96. The number of sulfonamides is 1. The second-order valence-corrected chi connectivity index (χ2v) is 11.3.